The molecule has 0 spiro atoms. The number of rotatable bonds is 6. The van der Waals surface area contributed by atoms with Crippen molar-refractivity contribution in [2.75, 3.05) is 0 Å². The van der Waals surface area contributed by atoms with Crippen LogP contribution >= 0.6 is 0 Å². The molecule has 0 aromatic heterocycles. The summed E-state index contributed by atoms with van der Waals surface area (Å²) >= 11 is 0. The molecule has 0 bridgehead atoms. The molecule has 0 aliphatic carbocycles. The molecule has 0 radical (unpaired) electrons. The lowest BCUT2D eigenvalue weighted by Crippen LogP contribution is -1.94. The van der Waals surface area contributed by atoms with Crippen molar-refractivity contribution < 1.29 is 0 Å². The van der Waals surface area contributed by atoms with E-state index in [1.807, 2.05) is 0 Å². The smallest absolute Gasteiger partial charge is 0.00201 e. The molecule has 234 valence electrons. The first-order valence-corrected chi connectivity index (χ1v) is 17.3. The summed E-state index contributed by atoms with van der Waals surface area (Å²) in [6, 6.07) is 74.8. The maximum Gasteiger partial charge on any atom is -0.00201 e. The van der Waals surface area contributed by atoms with Crippen LogP contribution in [-0.2, 0) is 0 Å². The molecule has 0 unspecified atom stereocenters. The van der Waals surface area contributed by atoms with Crippen LogP contribution in [0.1, 0.15) is 0 Å². The predicted octanol–water partition coefficient (Wildman–Crippen LogP) is 14.0. The molecule has 0 saturated heterocycles. The zero-order valence-electron chi connectivity index (χ0n) is 27.6. The first kappa shape index (κ1) is 29.6. The van der Waals surface area contributed by atoms with E-state index < -0.39 is 0 Å². The Morgan fingerprint density at radius 1 is 0.160 bits per heavy atom. The Morgan fingerprint density at radius 2 is 0.400 bits per heavy atom. The second-order valence-electron chi connectivity index (χ2n) is 12.8. The van der Waals surface area contributed by atoms with Crippen molar-refractivity contribution >= 4 is 21.5 Å². The quantitative estimate of drug-likeness (QED) is 0.160. The summed E-state index contributed by atoms with van der Waals surface area (Å²) in [5, 5.41) is 5.01. The Hall–Kier alpha value is -6.50. The molecule has 0 N–H and O–H groups in total. The van der Waals surface area contributed by atoms with Gasteiger partial charge in [0.25, 0.3) is 0 Å². The second-order valence-corrected chi connectivity index (χ2v) is 12.8. The van der Waals surface area contributed by atoms with Gasteiger partial charge in [0.05, 0.1) is 0 Å². The lowest BCUT2D eigenvalue weighted by molar-refractivity contribution is 1.58. The van der Waals surface area contributed by atoms with Crippen molar-refractivity contribution in [3.05, 3.63) is 206 Å². The maximum absolute atomic E-state index is 2.30. The third-order valence-electron chi connectivity index (χ3n) is 9.93. The molecule has 0 amide bonds. The topological polar surface area (TPSA) is 0 Å². The van der Waals surface area contributed by atoms with Crippen molar-refractivity contribution in [2.24, 2.45) is 0 Å². The summed E-state index contributed by atoms with van der Waals surface area (Å²) in [6.45, 7) is 0. The largest absolute Gasteiger partial charge is 0.0622 e. The van der Waals surface area contributed by atoms with E-state index in [1.165, 1.54) is 88.3 Å². The van der Waals surface area contributed by atoms with E-state index in [0.717, 1.165) is 0 Å². The van der Waals surface area contributed by atoms with Gasteiger partial charge < -0.3 is 0 Å². The van der Waals surface area contributed by atoms with Gasteiger partial charge >= 0.3 is 0 Å². The molecule has 50 heavy (non-hydrogen) atoms. The van der Waals surface area contributed by atoms with Crippen molar-refractivity contribution in [2.45, 2.75) is 0 Å². The Kier molecular flexibility index (Phi) is 7.61. The van der Waals surface area contributed by atoms with Gasteiger partial charge in [0.2, 0.25) is 0 Å². The zero-order chi connectivity index (χ0) is 33.3. The van der Waals surface area contributed by atoms with Crippen LogP contribution in [0.4, 0.5) is 0 Å². The summed E-state index contributed by atoms with van der Waals surface area (Å²) < 4.78 is 0. The van der Waals surface area contributed by atoms with Gasteiger partial charge in [0, 0.05) is 0 Å². The van der Waals surface area contributed by atoms with Gasteiger partial charge in [-0.1, -0.05) is 206 Å². The third-order valence-corrected chi connectivity index (χ3v) is 9.93. The molecule has 0 heterocycles. The molecule has 0 fully saturated rings. The summed E-state index contributed by atoms with van der Waals surface area (Å²) in [5.74, 6) is 0. The van der Waals surface area contributed by atoms with Crippen LogP contribution in [-0.4, -0.2) is 0 Å². The average molecular weight is 635 g/mol. The number of hydrogen-bond acceptors (Lipinski definition) is 0. The molecule has 9 aromatic carbocycles. The molecule has 0 nitrogen and oxygen atoms in total. The van der Waals surface area contributed by atoms with Crippen molar-refractivity contribution in [3.8, 4) is 66.8 Å². The molecular weight excluding hydrogens is 601 g/mol. The van der Waals surface area contributed by atoms with E-state index in [9.17, 15) is 0 Å². The molecule has 0 aliphatic rings. The normalized spacial score (nSPS) is 11.2. The van der Waals surface area contributed by atoms with E-state index >= 15 is 0 Å². The first-order valence-electron chi connectivity index (χ1n) is 17.3. The summed E-state index contributed by atoms with van der Waals surface area (Å²) in [6.07, 6.45) is 0. The fraction of sp³-hybridized carbons (Fsp3) is 0. The third kappa shape index (κ3) is 5.28. The minimum Gasteiger partial charge on any atom is -0.0622 e. The van der Waals surface area contributed by atoms with E-state index in [2.05, 4.69) is 206 Å². The fourth-order valence-corrected chi connectivity index (χ4v) is 7.56. The molecule has 0 aliphatic heterocycles. The number of fused-ring (bicyclic) bond motifs is 2. The minimum atomic E-state index is 1.21. The van der Waals surface area contributed by atoms with Crippen LogP contribution in [0.5, 0.6) is 0 Å². The van der Waals surface area contributed by atoms with Crippen LogP contribution in [0.25, 0.3) is 88.3 Å². The first-order chi connectivity index (χ1) is 24.8. The highest BCUT2D eigenvalue weighted by atomic mass is 14.2. The van der Waals surface area contributed by atoms with Gasteiger partial charge in [-0.25, -0.2) is 0 Å². The van der Waals surface area contributed by atoms with Crippen molar-refractivity contribution in [1.82, 2.24) is 0 Å². The number of benzene rings is 9. The van der Waals surface area contributed by atoms with Gasteiger partial charge in [-0.15, -0.1) is 0 Å². The molecule has 9 aromatic rings. The zero-order valence-corrected chi connectivity index (χ0v) is 27.6. The summed E-state index contributed by atoms with van der Waals surface area (Å²) in [7, 11) is 0. The maximum atomic E-state index is 2.30. The Balaban J connectivity index is 1.23. The Labute approximate surface area is 293 Å². The number of hydrogen-bond donors (Lipinski definition) is 0. The van der Waals surface area contributed by atoms with Crippen molar-refractivity contribution in [3.63, 3.8) is 0 Å². The monoisotopic (exact) mass is 634 g/mol. The van der Waals surface area contributed by atoms with E-state index in [0.29, 0.717) is 0 Å². The van der Waals surface area contributed by atoms with Gasteiger partial charge in [0.1, 0.15) is 0 Å². The average Bonchev–Trinajstić information content (AvgIpc) is 3.21. The van der Waals surface area contributed by atoms with Gasteiger partial charge in [0.15, 0.2) is 0 Å². The highest BCUT2D eigenvalue weighted by Crippen LogP contribution is 2.48. The fourth-order valence-electron chi connectivity index (χ4n) is 7.56. The van der Waals surface area contributed by atoms with Crippen LogP contribution < -0.4 is 0 Å². The minimum absolute atomic E-state index is 1.21. The SMILES string of the molecule is c1ccc(-c2ccc(-c3ccccc3-c3c4ccccc4c(-c4ccccc4-c4ccc(-c5ccccc5)cc4)c4ccccc34)cc2)cc1. The van der Waals surface area contributed by atoms with Crippen LogP contribution in [0, 0.1) is 0 Å². The Morgan fingerprint density at radius 3 is 0.740 bits per heavy atom. The lowest BCUT2D eigenvalue weighted by atomic mass is 9.82. The molecule has 0 atom stereocenters. The van der Waals surface area contributed by atoms with E-state index in [-0.39, 0.29) is 0 Å². The highest BCUT2D eigenvalue weighted by Gasteiger charge is 2.20. The van der Waals surface area contributed by atoms with Gasteiger partial charge in [-0.05, 0) is 88.3 Å². The summed E-state index contributed by atoms with van der Waals surface area (Å²) in [4.78, 5) is 0. The van der Waals surface area contributed by atoms with Crippen molar-refractivity contribution in [1.29, 1.82) is 0 Å². The summed E-state index contributed by atoms with van der Waals surface area (Å²) in [5.41, 5.74) is 14.8. The van der Waals surface area contributed by atoms with Gasteiger partial charge in [-0.3, -0.25) is 0 Å². The van der Waals surface area contributed by atoms with E-state index in [1.54, 1.807) is 0 Å². The van der Waals surface area contributed by atoms with Crippen LogP contribution in [0.3, 0.4) is 0 Å². The molecular formula is C50H34. The standard InChI is InChI=1S/C50H34/c1-3-15-35(16-4-1)37-27-31-39(32-28-37)41-19-7-9-21-43(41)49-45-23-11-13-25-47(45)50(48-26-14-12-24-46(48)49)44-22-10-8-20-42(44)40-33-29-38(30-34-40)36-17-5-2-6-18-36/h1-34H. The second kappa shape index (κ2) is 12.8. The highest BCUT2D eigenvalue weighted by molar-refractivity contribution is 6.23. The van der Waals surface area contributed by atoms with E-state index in [4.69, 9.17) is 0 Å². The molecule has 0 saturated carbocycles. The van der Waals surface area contributed by atoms with Crippen LogP contribution in [0.2, 0.25) is 0 Å². The van der Waals surface area contributed by atoms with Gasteiger partial charge in [-0.2, -0.15) is 0 Å². The Bertz CT molecular complexity index is 2350. The van der Waals surface area contributed by atoms with Crippen LogP contribution in [0.15, 0.2) is 206 Å². The lowest BCUT2D eigenvalue weighted by Gasteiger charge is -2.21. The molecule has 0 heteroatoms. The molecule has 9 rings (SSSR count). The predicted molar refractivity (Wildman–Crippen MR) is 214 cm³/mol.